The maximum absolute atomic E-state index is 4.69. The Morgan fingerprint density at radius 2 is 1.44 bits per heavy atom. The monoisotopic (exact) mass is 761 g/mol. The molecular formula is C39H44IrN2Si-2. The first kappa shape index (κ1) is 34.3. The van der Waals surface area contributed by atoms with Crippen LogP contribution in [0, 0.1) is 19.1 Å². The van der Waals surface area contributed by atoms with E-state index in [9.17, 15) is 0 Å². The second kappa shape index (κ2) is 15.5. The van der Waals surface area contributed by atoms with E-state index in [1.807, 2.05) is 18.3 Å². The fraction of sp³-hybridized carbons (Fsp3) is 0.282. The zero-order valence-corrected chi connectivity index (χ0v) is 30.2. The number of rotatable bonds is 7. The van der Waals surface area contributed by atoms with Crippen molar-refractivity contribution >= 4 is 13.3 Å². The smallest absolute Gasteiger partial charge is 0.0799 e. The summed E-state index contributed by atoms with van der Waals surface area (Å²) >= 11 is 0. The number of hydrogen-bond donors (Lipinski definition) is 0. The molecule has 5 rings (SSSR count). The molecule has 1 radical (unpaired) electrons. The fourth-order valence-electron chi connectivity index (χ4n) is 4.94. The standard InChI is InChI=1S/C21H20N.C18H24NSi.Ir/c1-16(2)19-11-12-22-21(15-19)20-10-6-9-18(14-20)13-17-7-4-3-5-8-17;1-13(2)16-11-17(15-9-7-14(3)8-10-15)19-12-18(16)20(4,5)6;/h3-9,11-12,14-16H,13H2,1-2H3;7-9,11-13H,1-6H3;/q2*-1;. The summed E-state index contributed by atoms with van der Waals surface area (Å²) in [6.45, 7) is 18.2. The van der Waals surface area contributed by atoms with Crippen molar-refractivity contribution in [2.45, 2.75) is 72.5 Å². The van der Waals surface area contributed by atoms with Crippen LogP contribution in [-0.4, -0.2) is 18.0 Å². The minimum Gasteiger partial charge on any atom is -0.305 e. The minimum absolute atomic E-state index is 0. The Morgan fingerprint density at radius 1 is 0.721 bits per heavy atom. The Hall–Kier alpha value is -3.17. The van der Waals surface area contributed by atoms with Gasteiger partial charge in [0, 0.05) is 32.5 Å². The number of aryl methyl sites for hydroxylation is 1. The van der Waals surface area contributed by atoms with Crippen LogP contribution in [0.3, 0.4) is 0 Å². The van der Waals surface area contributed by atoms with Crippen LogP contribution in [0.2, 0.25) is 19.6 Å². The van der Waals surface area contributed by atoms with Crippen LogP contribution in [0.1, 0.15) is 67.3 Å². The van der Waals surface area contributed by atoms with Crippen LogP contribution < -0.4 is 5.19 Å². The first-order valence-electron chi connectivity index (χ1n) is 15.0. The van der Waals surface area contributed by atoms with Gasteiger partial charge in [0.1, 0.15) is 0 Å². The van der Waals surface area contributed by atoms with Gasteiger partial charge in [-0.3, -0.25) is 0 Å². The van der Waals surface area contributed by atoms with Crippen LogP contribution in [0.5, 0.6) is 0 Å². The average Bonchev–Trinajstić information content (AvgIpc) is 2.98. The second-order valence-corrected chi connectivity index (χ2v) is 17.8. The Labute approximate surface area is 274 Å². The third-order valence-electron chi connectivity index (χ3n) is 7.45. The van der Waals surface area contributed by atoms with E-state index in [1.54, 1.807) is 0 Å². The van der Waals surface area contributed by atoms with Crippen molar-refractivity contribution in [3.05, 3.63) is 137 Å². The predicted octanol–water partition coefficient (Wildman–Crippen LogP) is 9.79. The van der Waals surface area contributed by atoms with E-state index in [2.05, 4.69) is 150 Å². The summed E-state index contributed by atoms with van der Waals surface area (Å²) in [5, 5.41) is 1.48. The summed E-state index contributed by atoms with van der Waals surface area (Å²) in [5.74, 6) is 1.04. The molecule has 0 saturated carbocycles. The number of benzene rings is 3. The van der Waals surface area contributed by atoms with Gasteiger partial charge in [0.2, 0.25) is 0 Å². The molecule has 2 nitrogen and oxygen atoms in total. The van der Waals surface area contributed by atoms with Crippen molar-refractivity contribution in [2.75, 3.05) is 0 Å². The first-order chi connectivity index (χ1) is 20.0. The average molecular weight is 761 g/mol. The SMILES string of the molecule is CC(C)c1ccnc(-c2[c-]ccc(Cc3ccccc3)c2)c1.Cc1c[c-]c(-c2cc(C(C)C)c([Si](C)(C)C)cn2)cc1.[Ir]. The molecule has 43 heavy (non-hydrogen) atoms. The summed E-state index contributed by atoms with van der Waals surface area (Å²) in [6, 6.07) is 36.3. The van der Waals surface area contributed by atoms with Crippen molar-refractivity contribution in [3.8, 4) is 22.5 Å². The zero-order chi connectivity index (χ0) is 30.3. The van der Waals surface area contributed by atoms with Crippen LogP contribution in [-0.2, 0) is 26.5 Å². The van der Waals surface area contributed by atoms with E-state index in [-0.39, 0.29) is 20.1 Å². The van der Waals surface area contributed by atoms with Gasteiger partial charge in [-0.05, 0) is 46.5 Å². The topological polar surface area (TPSA) is 25.8 Å². The van der Waals surface area contributed by atoms with Gasteiger partial charge in [-0.15, -0.1) is 70.8 Å². The van der Waals surface area contributed by atoms with Gasteiger partial charge in [0.05, 0.1) is 8.07 Å². The van der Waals surface area contributed by atoms with Crippen molar-refractivity contribution < 1.29 is 20.1 Å². The minimum atomic E-state index is -1.35. The molecule has 0 bridgehead atoms. The Morgan fingerprint density at radius 3 is 2.07 bits per heavy atom. The number of nitrogens with zero attached hydrogens (tertiary/aromatic N) is 2. The van der Waals surface area contributed by atoms with Gasteiger partial charge in [-0.1, -0.05) is 108 Å². The molecule has 0 unspecified atom stereocenters. The largest absolute Gasteiger partial charge is 0.305 e. The molecule has 4 heteroatoms. The Kier molecular flexibility index (Phi) is 12.4. The molecule has 0 aliphatic rings. The Balaban J connectivity index is 0.000000231. The summed E-state index contributed by atoms with van der Waals surface area (Å²) in [4.78, 5) is 9.20. The normalized spacial score (nSPS) is 11.1. The van der Waals surface area contributed by atoms with Gasteiger partial charge in [0.25, 0.3) is 0 Å². The fourth-order valence-corrected chi connectivity index (χ4v) is 6.62. The third-order valence-corrected chi connectivity index (χ3v) is 9.49. The molecule has 0 aliphatic heterocycles. The van der Waals surface area contributed by atoms with Crippen molar-refractivity contribution in [1.29, 1.82) is 0 Å². The van der Waals surface area contributed by atoms with E-state index >= 15 is 0 Å². The molecule has 3 aromatic carbocycles. The molecule has 0 saturated heterocycles. The predicted molar refractivity (Wildman–Crippen MR) is 182 cm³/mol. The van der Waals surface area contributed by atoms with Crippen LogP contribution >= 0.6 is 0 Å². The van der Waals surface area contributed by atoms with Crippen LogP contribution in [0.25, 0.3) is 22.5 Å². The molecular weight excluding hydrogens is 717 g/mol. The number of pyridine rings is 2. The molecule has 0 spiro atoms. The number of aromatic nitrogens is 2. The molecule has 225 valence electrons. The molecule has 0 atom stereocenters. The second-order valence-electron chi connectivity index (χ2n) is 12.7. The van der Waals surface area contributed by atoms with E-state index in [0.717, 1.165) is 28.9 Å². The van der Waals surface area contributed by atoms with Gasteiger partial charge in [0.15, 0.2) is 0 Å². The molecule has 2 heterocycles. The van der Waals surface area contributed by atoms with Crippen LogP contribution in [0.15, 0.2) is 97.3 Å². The molecule has 0 aliphatic carbocycles. The van der Waals surface area contributed by atoms with E-state index < -0.39 is 8.07 Å². The Bertz CT molecular complexity index is 1590. The first-order valence-corrected chi connectivity index (χ1v) is 18.5. The molecule has 0 fully saturated rings. The van der Waals surface area contributed by atoms with Crippen LogP contribution in [0.4, 0.5) is 0 Å². The van der Waals surface area contributed by atoms with Gasteiger partial charge in [-0.2, -0.15) is 0 Å². The maximum Gasteiger partial charge on any atom is 0.0799 e. The van der Waals surface area contributed by atoms with Gasteiger partial charge < -0.3 is 9.97 Å². The third kappa shape index (κ3) is 9.66. The summed E-state index contributed by atoms with van der Waals surface area (Å²) in [5.41, 5.74) is 10.8. The van der Waals surface area contributed by atoms with E-state index in [1.165, 1.54) is 33.0 Å². The molecule has 0 N–H and O–H groups in total. The molecule has 5 aromatic rings. The van der Waals surface area contributed by atoms with Gasteiger partial charge >= 0.3 is 0 Å². The van der Waals surface area contributed by atoms with E-state index in [4.69, 9.17) is 4.98 Å². The van der Waals surface area contributed by atoms with Crippen molar-refractivity contribution in [1.82, 2.24) is 9.97 Å². The molecule has 0 amide bonds. The summed E-state index contributed by atoms with van der Waals surface area (Å²) < 4.78 is 0. The van der Waals surface area contributed by atoms with Gasteiger partial charge in [-0.25, -0.2) is 0 Å². The maximum atomic E-state index is 4.69. The van der Waals surface area contributed by atoms with Crippen molar-refractivity contribution in [2.24, 2.45) is 0 Å². The number of hydrogen-bond acceptors (Lipinski definition) is 2. The van der Waals surface area contributed by atoms with Crippen molar-refractivity contribution in [3.63, 3.8) is 0 Å². The zero-order valence-electron chi connectivity index (χ0n) is 26.8. The molecule has 2 aromatic heterocycles. The summed E-state index contributed by atoms with van der Waals surface area (Å²) in [7, 11) is -1.35. The van der Waals surface area contributed by atoms with E-state index in [0.29, 0.717) is 11.8 Å². The summed E-state index contributed by atoms with van der Waals surface area (Å²) in [6.07, 6.45) is 4.93. The quantitative estimate of drug-likeness (QED) is 0.122.